The van der Waals surface area contributed by atoms with E-state index in [-0.39, 0.29) is 23.4 Å². The molecular formula is C21H26O4. The van der Waals surface area contributed by atoms with Crippen molar-refractivity contribution in [3.05, 3.63) is 34.4 Å². The smallest absolute Gasteiger partial charge is 0.169 e. The lowest BCUT2D eigenvalue weighted by atomic mass is 9.84. The van der Waals surface area contributed by atoms with Crippen LogP contribution in [-0.4, -0.2) is 30.6 Å². The topological polar surface area (TPSA) is 52.6 Å². The highest BCUT2D eigenvalue weighted by molar-refractivity contribution is 6.16. The minimum Gasteiger partial charge on any atom is -0.350 e. The van der Waals surface area contributed by atoms with Crippen molar-refractivity contribution < 1.29 is 19.1 Å². The van der Waals surface area contributed by atoms with E-state index in [0.717, 1.165) is 29.5 Å². The normalized spacial score (nSPS) is 30.9. The first kappa shape index (κ1) is 16.9. The van der Waals surface area contributed by atoms with Crippen LogP contribution < -0.4 is 0 Å². The van der Waals surface area contributed by atoms with E-state index in [1.165, 1.54) is 5.56 Å². The summed E-state index contributed by atoms with van der Waals surface area (Å²) in [5.41, 5.74) is 4.32. The summed E-state index contributed by atoms with van der Waals surface area (Å²) in [7, 11) is 0. The lowest BCUT2D eigenvalue weighted by Crippen LogP contribution is -2.40. The van der Waals surface area contributed by atoms with Crippen LogP contribution in [0.25, 0.3) is 0 Å². The number of rotatable bonds is 2. The van der Waals surface area contributed by atoms with Crippen LogP contribution in [0.3, 0.4) is 0 Å². The first-order valence-electron chi connectivity index (χ1n) is 9.41. The number of aryl methyl sites for hydroxylation is 3. The Morgan fingerprint density at radius 1 is 1.04 bits per heavy atom. The molecule has 4 rings (SSSR count). The molecule has 1 unspecified atom stereocenters. The number of carbonyl (C=O) groups excluding carboxylic acids is 2. The van der Waals surface area contributed by atoms with Gasteiger partial charge in [0, 0.05) is 24.7 Å². The molecule has 25 heavy (non-hydrogen) atoms. The minimum absolute atomic E-state index is 0.0753. The lowest BCUT2D eigenvalue weighted by molar-refractivity contribution is -0.264. The van der Waals surface area contributed by atoms with Crippen LogP contribution in [0.15, 0.2) is 12.1 Å². The lowest BCUT2D eigenvalue weighted by Gasteiger charge is -2.34. The van der Waals surface area contributed by atoms with Gasteiger partial charge in [-0.1, -0.05) is 24.6 Å². The van der Waals surface area contributed by atoms with E-state index in [1.807, 2.05) is 6.92 Å². The molecule has 1 aliphatic heterocycles. The molecule has 3 atom stereocenters. The molecule has 2 saturated carbocycles. The van der Waals surface area contributed by atoms with Gasteiger partial charge in [-0.15, -0.1) is 0 Å². The quantitative estimate of drug-likeness (QED) is 0.774. The van der Waals surface area contributed by atoms with Crippen molar-refractivity contribution >= 4 is 11.6 Å². The highest BCUT2D eigenvalue weighted by Gasteiger charge is 2.60. The van der Waals surface area contributed by atoms with Crippen LogP contribution in [0.5, 0.6) is 0 Å². The Bertz CT molecular complexity index is 704. The monoisotopic (exact) mass is 342 g/mol. The third-order valence-corrected chi connectivity index (χ3v) is 6.15. The number of ketones is 2. The van der Waals surface area contributed by atoms with Gasteiger partial charge in [0.1, 0.15) is 5.92 Å². The molecule has 1 aromatic rings. The third kappa shape index (κ3) is 2.58. The molecule has 4 heteroatoms. The number of hydrogen-bond donors (Lipinski definition) is 0. The predicted molar refractivity (Wildman–Crippen MR) is 93.5 cm³/mol. The van der Waals surface area contributed by atoms with E-state index in [2.05, 4.69) is 26.0 Å². The summed E-state index contributed by atoms with van der Waals surface area (Å²) in [6.07, 6.45) is 2.78. The Morgan fingerprint density at radius 3 is 2.20 bits per heavy atom. The summed E-state index contributed by atoms with van der Waals surface area (Å²) in [5.74, 6) is -1.63. The molecule has 2 aliphatic carbocycles. The summed E-state index contributed by atoms with van der Waals surface area (Å²) >= 11 is 0. The molecule has 1 heterocycles. The number of ether oxygens (including phenoxy) is 2. The molecular weight excluding hydrogens is 316 g/mol. The van der Waals surface area contributed by atoms with Gasteiger partial charge in [0.05, 0.1) is 13.2 Å². The molecule has 0 radical (unpaired) electrons. The number of carbonyl (C=O) groups is 2. The standard InChI is InChI=1S/C21H26O4/c1-4-14-9-12(2)8-13(3)17(14)18-19(22)15-10-21(11-16(15)20(18)23)24-6-5-7-25-21/h8-9,15-16,18H,4-7,10-11H2,1-3H3/t15-,16+,18?. The van der Waals surface area contributed by atoms with Crippen molar-refractivity contribution in [1.82, 2.24) is 0 Å². The largest absolute Gasteiger partial charge is 0.350 e. The maximum atomic E-state index is 13.2. The minimum atomic E-state index is -0.695. The number of hydrogen-bond acceptors (Lipinski definition) is 4. The van der Waals surface area contributed by atoms with Crippen molar-refractivity contribution in [2.45, 2.75) is 58.2 Å². The van der Waals surface area contributed by atoms with Crippen LogP contribution in [0.2, 0.25) is 0 Å². The molecule has 3 fully saturated rings. The average molecular weight is 342 g/mol. The predicted octanol–water partition coefficient (Wildman–Crippen LogP) is 3.26. The second kappa shape index (κ2) is 6.03. The average Bonchev–Trinajstić information content (AvgIpc) is 3.04. The molecule has 134 valence electrons. The SMILES string of the molecule is CCc1cc(C)cc(C)c1C1C(=O)[C@H]2CC3(C[C@H]2C1=O)OCCCO3. The van der Waals surface area contributed by atoms with Crippen molar-refractivity contribution in [3.63, 3.8) is 0 Å². The summed E-state index contributed by atoms with van der Waals surface area (Å²) in [6, 6.07) is 4.20. The molecule has 0 aromatic heterocycles. The first-order chi connectivity index (χ1) is 12.0. The fourth-order valence-electron chi connectivity index (χ4n) is 5.11. The number of Topliss-reactive ketones (excluding diaryl/α,β-unsaturated/α-hetero) is 2. The Kier molecular flexibility index (Phi) is 4.08. The maximum Gasteiger partial charge on any atom is 0.169 e. The van der Waals surface area contributed by atoms with E-state index in [1.54, 1.807) is 0 Å². The highest BCUT2D eigenvalue weighted by atomic mass is 16.7. The van der Waals surface area contributed by atoms with E-state index >= 15 is 0 Å². The van der Waals surface area contributed by atoms with Crippen molar-refractivity contribution in [3.8, 4) is 0 Å². The van der Waals surface area contributed by atoms with Crippen LogP contribution in [0.1, 0.15) is 54.4 Å². The fourth-order valence-corrected chi connectivity index (χ4v) is 5.11. The molecule has 1 spiro atoms. The zero-order valence-corrected chi connectivity index (χ0v) is 15.3. The van der Waals surface area contributed by atoms with Crippen LogP contribution in [0.4, 0.5) is 0 Å². The van der Waals surface area contributed by atoms with Crippen molar-refractivity contribution in [1.29, 1.82) is 0 Å². The molecule has 3 aliphatic rings. The van der Waals surface area contributed by atoms with Gasteiger partial charge in [-0.3, -0.25) is 9.59 Å². The zero-order chi connectivity index (χ0) is 17.8. The van der Waals surface area contributed by atoms with Gasteiger partial charge in [-0.25, -0.2) is 0 Å². The summed E-state index contributed by atoms with van der Waals surface area (Å²) in [4.78, 5) is 26.4. The van der Waals surface area contributed by atoms with Crippen LogP contribution in [-0.2, 0) is 25.5 Å². The highest BCUT2D eigenvalue weighted by Crippen LogP contribution is 2.52. The second-order valence-corrected chi connectivity index (χ2v) is 7.83. The van der Waals surface area contributed by atoms with E-state index in [0.29, 0.717) is 26.1 Å². The molecule has 1 saturated heterocycles. The third-order valence-electron chi connectivity index (χ3n) is 6.15. The summed E-state index contributed by atoms with van der Waals surface area (Å²) in [5, 5.41) is 0. The number of benzene rings is 1. The Balaban J connectivity index is 1.68. The van der Waals surface area contributed by atoms with E-state index < -0.39 is 11.7 Å². The van der Waals surface area contributed by atoms with Crippen molar-refractivity contribution in [2.75, 3.05) is 13.2 Å². The Labute approximate surface area is 148 Å². The zero-order valence-electron chi connectivity index (χ0n) is 15.3. The number of fused-ring (bicyclic) bond motifs is 1. The van der Waals surface area contributed by atoms with E-state index in [9.17, 15) is 9.59 Å². The van der Waals surface area contributed by atoms with Gasteiger partial charge in [0.25, 0.3) is 0 Å². The Hall–Kier alpha value is -1.52. The first-order valence-corrected chi connectivity index (χ1v) is 9.41. The van der Waals surface area contributed by atoms with Gasteiger partial charge >= 0.3 is 0 Å². The van der Waals surface area contributed by atoms with E-state index in [4.69, 9.17) is 9.47 Å². The molecule has 0 bridgehead atoms. The second-order valence-electron chi connectivity index (χ2n) is 7.83. The van der Waals surface area contributed by atoms with Crippen molar-refractivity contribution in [2.24, 2.45) is 11.8 Å². The fraction of sp³-hybridized carbons (Fsp3) is 0.619. The Morgan fingerprint density at radius 2 is 1.64 bits per heavy atom. The van der Waals surface area contributed by atoms with Gasteiger partial charge < -0.3 is 9.47 Å². The maximum absolute atomic E-state index is 13.2. The summed E-state index contributed by atoms with van der Waals surface area (Å²) < 4.78 is 11.7. The van der Waals surface area contributed by atoms with Crippen LogP contribution in [0, 0.1) is 25.7 Å². The van der Waals surface area contributed by atoms with Gasteiger partial charge in [-0.05, 0) is 43.4 Å². The molecule has 0 amide bonds. The van der Waals surface area contributed by atoms with Gasteiger partial charge in [0.15, 0.2) is 17.4 Å². The van der Waals surface area contributed by atoms with Gasteiger partial charge in [0.2, 0.25) is 0 Å². The molecule has 1 aromatic carbocycles. The summed E-state index contributed by atoms with van der Waals surface area (Å²) in [6.45, 7) is 7.47. The van der Waals surface area contributed by atoms with Gasteiger partial charge in [-0.2, -0.15) is 0 Å². The molecule has 0 N–H and O–H groups in total. The molecule has 4 nitrogen and oxygen atoms in total. The van der Waals surface area contributed by atoms with Crippen LogP contribution >= 0.6 is 0 Å².